The van der Waals surface area contributed by atoms with Crippen molar-refractivity contribution in [2.24, 2.45) is 0 Å². The lowest BCUT2D eigenvalue weighted by atomic mass is 10.0. The summed E-state index contributed by atoms with van der Waals surface area (Å²) in [5.41, 5.74) is 10.4. The van der Waals surface area contributed by atoms with Crippen LogP contribution in [-0.4, -0.2) is 9.78 Å². The van der Waals surface area contributed by atoms with Crippen molar-refractivity contribution in [2.75, 3.05) is 5.73 Å². The molecule has 2 aromatic rings. The molecule has 17 heavy (non-hydrogen) atoms. The number of anilines is 1. The monoisotopic (exact) mass is 229 g/mol. The minimum absolute atomic E-state index is 0.873. The van der Waals surface area contributed by atoms with E-state index < -0.39 is 0 Å². The second kappa shape index (κ2) is 5.04. The number of benzene rings is 1. The van der Waals surface area contributed by atoms with Crippen molar-refractivity contribution in [2.45, 2.75) is 33.2 Å². The van der Waals surface area contributed by atoms with Gasteiger partial charge >= 0.3 is 0 Å². The first-order valence-electron chi connectivity index (χ1n) is 6.16. The summed E-state index contributed by atoms with van der Waals surface area (Å²) >= 11 is 0. The number of aryl methyl sites for hydroxylation is 2. The van der Waals surface area contributed by atoms with Gasteiger partial charge in [0, 0.05) is 24.0 Å². The van der Waals surface area contributed by atoms with Crippen molar-refractivity contribution < 1.29 is 0 Å². The highest BCUT2D eigenvalue weighted by molar-refractivity contribution is 5.65. The molecule has 0 saturated heterocycles. The largest absolute Gasteiger partial charge is 0.399 e. The fraction of sp³-hybridized carbons (Fsp3) is 0.357. The SMILES string of the molecule is CCCn1nccc1-c1ccc(N)c(CC)c1. The van der Waals surface area contributed by atoms with Gasteiger partial charge in [0.15, 0.2) is 0 Å². The zero-order valence-corrected chi connectivity index (χ0v) is 10.5. The minimum Gasteiger partial charge on any atom is -0.399 e. The molecular weight excluding hydrogens is 210 g/mol. The number of nitrogen functional groups attached to an aromatic ring is 1. The van der Waals surface area contributed by atoms with Crippen LogP contribution in [0.2, 0.25) is 0 Å². The van der Waals surface area contributed by atoms with E-state index in [2.05, 4.69) is 37.1 Å². The van der Waals surface area contributed by atoms with Gasteiger partial charge in [-0.25, -0.2) is 0 Å². The molecule has 2 N–H and O–H groups in total. The summed E-state index contributed by atoms with van der Waals surface area (Å²) in [6.07, 6.45) is 3.90. The number of nitrogens with zero attached hydrogens (tertiary/aromatic N) is 2. The third kappa shape index (κ3) is 2.33. The van der Waals surface area contributed by atoms with Crippen LogP contribution in [0.3, 0.4) is 0 Å². The molecule has 0 unspecified atom stereocenters. The molecule has 1 aromatic carbocycles. The third-order valence-corrected chi connectivity index (χ3v) is 2.97. The third-order valence-electron chi connectivity index (χ3n) is 2.97. The molecule has 2 rings (SSSR count). The Morgan fingerprint density at radius 2 is 2.06 bits per heavy atom. The van der Waals surface area contributed by atoms with Gasteiger partial charge in [0.1, 0.15) is 0 Å². The van der Waals surface area contributed by atoms with Gasteiger partial charge in [-0.3, -0.25) is 4.68 Å². The van der Waals surface area contributed by atoms with Crippen molar-refractivity contribution in [3.05, 3.63) is 36.0 Å². The summed E-state index contributed by atoms with van der Waals surface area (Å²) in [5, 5.41) is 4.35. The lowest BCUT2D eigenvalue weighted by molar-refractivity contribution is 0.609. The maximum atomic E-state index is 5.93. The Labute approximate surface area is 102 Å². The lowest BCUT2D eigenvalue weighted by Gasteiger charge is -2.09. The summed E-state index contributed by atoms with van der Waals surface area (Å²) in [5.74, 6) is 0. The summed E-state index contributed by atoms with van der Waals surface area (Å²) in [4.78, 5) is 0. The highest BCUT2D eigenvalue weighted by Gasteiger charge is 2.06. The van der Waals surface area contributed by atoms with Gasteiger partial charge in [-0.05, 0) is 36.6 Å². The zero-order valence-electron chi connectivity index (χ0n) is 10.5. The fourth-order valence-electron chi connectivity index (χ4n) is 2.04. The van der Waals surface area contributed by atoms with E-state index in [1.165, 1.54) is 16.8 Å². The van der Waals surface area contributed by atoms with Crippen LogP contribution in [0.1, 0.15) is 25.8 Å². The Bertz CT molecular complexity index is 500. The van der Waals surface area contributed by atoms with E-state index in [0.717, 1.165) is 25.1 Å². The Hall–Kier alpha value is -1.77. The van der Waals surface area contributed by atoms with Crippen LogP contribution in [-0.2, 0) is 13.0 Å². The van der Waals surface area contributed by atoms with E-state index in [0.29, 0.717) is 0 Å². The van der Waals surface area contributed by atoms with E-state index >= 15 is 0 Å². The van der Waals surface area contributed by atoms with Crippen LogP contribution in [0.4, 0.5) is 5.69 Å². The predicted octanol–water partition coefficient (Wildman–Crippen LogP) is 3.10. The maximum Gasteiger partial charge on any atom is 0.0682 e. The highest BCUT2D eigenvalue weighted by Crippen LogP contribution is 2.24. The topological polar surface area (TPSA) is 43.8 Å². The molecule has 3 nitrogen and oxygen atoms in total. The van der Waals surface area contributed by atoms with Crippen LogP contribution in [0.25, 0.3) is 11.3 Å². The molecule has 0 radical (unpaired) electrons. The van der Waals surface area contributed by atoms with Crippen LogP contribution < -0.4 is 5.73 Å². The summed E-state index contributed by atoms with van der Waals surface area (Å²) in [7, 11) is 0. The smallest absolute Gasteiger partial charge is 0.0682 e. The molecule has 0 bridgehead atoms. The summed E-state index contributed by atoms with van der Waals surface area (Å²) in [6, 6.07) is 8.27. The number of rotatable bonds is 4. The standard InChI is InChI=1S/C14H19N3/c1-3-9-17-14(7-8-16-17)12-5-6-13(15)11(4-2)10-12/h5-8,10H,3-4,9,15H2,1-2H3. The van der Waals surface area contributed by atoms with E-state index in [-0.39, 0.29) is 0 Å². The number of hydrogen-bond donors (Lipinski definition) is 1. The molecule has 0 saturated carbocycles. The number of hydrogen-bond acceptors (Lipinski definition) is 2. The van der Waals surface area contributed by atoms with Gasteiger partial charge < -0.3 is 5.73 Å². The van der Waals surface area contributed by atoms with E-state index in [1.807, 2.05) is 16.9 Å². The Balaban J connectivity index is 2.42. The molecular formula is C14H19N3. The van der Waals surface area contributed by atoms with Crippen molar-refractivity contribution >= 4 is 5.69 Å². The average molecular weight is 229 g/mol. The molecule has 0 aliphatic rings. The molecule has 0 atom stereocenters. The summed E-state index contributed by atoms with van der Waals surface area (Å²) < 4.78 is 2.05. The fourth-order valence-corrected chi connectivity index (χ4v) is 2.04. The van der Waals surface area contributed by atoms with Crippen LogP contribution in [0, 0.1) is 0 Å². The Kier molecular flexibility index (Phi) is 3.47. The first kappa shape index (κ1) is 11.7. The lowest BCUT2D eigenvalue weighted by Crippen LogP contribution is -2.01. The average Bonchev–Trinajstić information content (AvgIpc) is 2.78. The predicted molar refractivity (Wildman–Crippen MR) is 71.7 cm³/mol. The molecule has 0 fully saturated rings. The first-order chi connectivity index (χ1) is 8.26. The van der Waals surface area contributed by atoms with Crippen molar-refractivity contribution in [1.29, 1.82) is 0 Å². The molecule has 0 spiro atoms. The van der Waals surface area contributed by atoms with Gasteiger partial charge in [0.05, 0.1) is 5.69 Å². The molecule has 3 heteroatoms. The Morgan fingerprint density at radius 1 is 1.24 bits per heavy atom. The summed E-state index contributed by atoms with van der Waals surface area (Å²) in [6.45, 7) is 5.24. The Morgan fingerprint density at radius 3 is 2.76 bits per heavy atom. The second-order valence-electron chi connectivity index (χ2n) is 4.21. The number of aromatic nitrogens is 2. The van der Waals surface area contributed by atoms with Crippen LogP contribution in [0.5, 0.6) is 0 Å². The molecule has 0 aliphatic carbocycles. The molecule has 0 aliphatic heterocycles. The van der Waals surface area contributed by atoms with Crippen LogP contribution >= 0.6 is 0 Å². The quantitative estimate of drug-likeness (QED) is 0.819. The van der Waals surface area contributed by atoms with Gasteiger partial charge in [-0.15, -0.1) is 0 Å². The molecule has 0 amide bonds. The number of nitrogens with two attached hydrogens (primary N) is 1. The molecule has 90 valence electrons. The minimum atomic E-state index is 0.873. The van der Waals surface area contributed by atoms with E-state index in [4.69, 9.17) is 5.73 Å². The normalized spacial score (nSPS) is 10.7. The zero-order chi connectivity index (χ0) is 12.3. The maximum absolute atomic E-state index is 5.93. The molecule has 1 aromatic heterocycles. The second-order valence-corrected chi connectivity index (χ2v) is 4.21. The van der Waals surface area contributed by atoms with Crippen molar-refractivity contribution in [1.82, 2.24) is 9.78 Å². The highest BCUT2D eigenvalue weighted by atomic mass is 15.3. The van der Waals surface area contributed by atoms with Crippen LogP contribution in [0.15, 0.2) is 30.5 Å². The van der Waals surface area contributed by atoms with Gasteiger partial charge in [-0.1, -0.05) is 19.9 Å². The van der Waals surface area contributed by atoms with E-state index in [9.17, 15) is 0 Å². The van der Waals surface area contributed by atoms with E-state index in [1.54, 1.807) is 0 Å². The first-order valence-corrected chi connectivity index (χ1v) is 6.16. The molecule has 1 heterocycles. The van der Waals surface area contributed by atoms with Gasteiger partial charge in [-0.2, -0.15) is 5.10 Å². The van der Waals surface area contributed by atoms with Crippen molar-refractivity contribution in [3.63, 3.8) is 0 Å². The van der Waals surface area contributed by atoms with Gasteiger partial charge in [0.2, 0.25) is 0 Å². The van der Waals surface area contributed by atoms with Gasteiger partial charge in [0.25, 0.3) is 0 Å². The van der Waals surface area contributed by atoms with Crippen molar-refractivity contribution in [3.8, 4) is 11.3 Å².